The summed E-state index contributed by atoms with van der Waals surface area (Å²) >= 11 is 0. The van der Waals surface area contributed by atoms with Crippen LogP contribution in [0, 0.1) is 5.92 Å². The number of hydrogen-bond acceptors (Lipinski definition) is 3. The second kappa shape index (κ2) is 7.23. The summed E-state index contributed by atoms with van der Waals surface area (Å²) in [5.74, 6) is -4.19. The van der Waals surface area contributed by atoms with Gasteiger partial charge in [0.25, 0.3) is 0 Å². The summed E-state index contributed by atoms with van der Waals surface area (Å²) in [4.78, 5) is 21.2. The van der Waals surface area contributed by atoms with E-state index in [-0.39, 0.29) is 0 Å². The molecule has 0 heterocycles. The molecule has 4 N–H and O–H groups in total. The molecule has 0 saturated heterocycles. The molecule has 0 saturated carbocycles. The van der Waals surface area contributed by atoms with Crippen molar-refractivity contribution < 1.29 is 19.8 Å². The van der Waals surface area contributed by atoms with Crippen LogP contribution in [0.15, 0.2) is 0 Å². The normalized spacial score (nSPS) is 12.7. The van der Waals surface area contributed by atoms with Gasteiger partial charge in [0.1, 0.15) is 0 Å². The Morgan fingerprint density at radius 3 is 2.07 bits per heavy atom. The Labute approximate surface area is 89.3 Å². The lowest BCUT2D eigenvalue weighted by Gasteiger charge is -2.15. The molecule has 0 aliphatic rings. The van der Waals surface area contributed by atoms with Crippen LogP contribution in [0.3, 0.4) is 0 Å². The maximum Gasteiger partial charge on any atom is 0.319 e. The van der Waals surface area contributed by atoms with Crippen LogP contribution in [0.5, 0.6) is 0 Å². The minimum absolute atomic E-state index is 0.448. The summed E-state index contributed by atoms with van der Waals surface area (Å²) in [6.45, 7) is 2.07. The second-order valence-corrected chi connectivity index (χ2v) is 3.67. The van der Waals surface area contributed by atoms with Crippen LogP contribution in [-0.4, -0.2) is 28.2 Å². The van der Waals surface area contributed by atoms with Crippen molar-refractivity contribution in [3.8, 4) is 0 Å². The Hall–Kier alpha value is -1.10. The first-order valence-electron chi connectivity index (χ1n) is 5.21. The maximum absolute atomic E-state index is 10.6. The lowest BCUT2D eigenvalue weighted by Crippen LogP contribution is -2.40. The molecule has 0 radical (unpaired) electrons. The van der Waals surface area contributed by atoms with Crippen LogP contribution in [0.1, 0.15) is 39.0 Å². The summed E-state index contributed by atoms with van der Waals surface area (Å²) in [6.07, 6.45) is 4.35. The third kappa shape index (κ3) is 5.37. The molecular formula is C10H19NO4. The van der Waals surface area contributed by atoms with Gasteiger partial charge in [-0.15, -0.1) is 0 Å². The Morgan fingerprint density at radius 2 is 1.67 bits per heavy atom. The quantitative estimate of drug-likeness (QED) is 0.417. The van der Waals surface area contributed by atoms with Gasteiger partial charge in [-0.25, -0.2) is 0 Å². The molecule has 1 unspecified atom stereocenters. The van der Waals surface area contributed by atoms with Gasteiger partial charge in [-0.3, -0.25) is 9.59 Å². The summed E-state index contributed by atoms with van der Waals surface area (Å²) in [6, 6.07) is -0.795. The molecular weight excluding hydrogens is 198 g/mol. The standard InChI is InChI=1S/C10H19NO4/c1-2-3-4-5-6-7(11)8(9(12)13)10(14)15/h7-8H,2-6,11H2,1H3,(H,12,13)(H,14,15). The van der Waals surface area contributed by atoms with Crippen LogP contribution >= 0.6 is 0 Å². The topological polar surface area (TPSA) is 101 Å². The van der Waals surface area contributed by atoms with E-state index in [1.54, 1.807) is 0 Å². The Morgan fingerprint density at radius 1 is 1.13 bits per heavy atom. The molecule has 0 aromatic rings. The van der Waals surface area contributed by atoms with E-state index in [1.165, 1.54) is 0 Å². The average molecular weight is 217 g/mol. The minimum Gasteiger partial charge on any atom is -0.481 e. The SMILES string of the molecule is CCCCCCC(N)C(C(=O)O)C(=O)O. The zero-order valence-corrected chi connectivity index (χ0v) is 8.98. The summed E-state index contributed by atoms with van der Waals surface area (Å²) in [5, 5.41) is 17.3. The highest BCUT2D eigenvalue weighted by Gasteiger charge is 2.31. The number of carbonyl (C=O) groups is 2. The molecule has 0 amide bonds. The van der Waals surface area contributed by atoms with Crippen molar-refractivity contribution in [2.24, 2.45) is 11.7 Å². The van der Waals surface area contributed by atoms with E-state index in [4.69, 9.17) is 15.9 Å². The van der Waals surface area contributed by atoms with Crippen molar-refractivity contribution >= 4 is 11.9 Å². The molecule has 0 aliphatic heterocycles. The molecule has 5 nitrogen and oxygen atoms in total. The van der Waals surface area contributed by atoms with E-state index < -0.39 is 23.9 Å². The molecule has 5 heteroatoms. The smallest absolute Gasteiger partial charge is 0.319 e. The first kappa shape index (κ1) is 13.9. The van der Waals surface area contributed by atoms with Crippen LogP contribution in [0.4, 0.5) is 0 Å². The van der Waals surface area contributed by atoms with Crippen molar-refractivity contribution in [3.63, 3.8) is 0 Å². The molecule has 0 aromatic heterocycles. The molecule has 0 aliphatic carbocycles. The van der Waals surface area contributed by atoms with Crippen LogP contribution in [0.25, 0.3) is 0 Å². The van der Waals surface area contributed by atoms with Crippen molar-refractivity contribution in [1.29, 1.82) is 0 Å². The largest absolute Gasteiger partial charge is 0.481 e. The van der Waals surface area contributed by atoms with Crippen LogP contribution < -0.4 is 5.73 Å². The fraction of sp³-hybridized carbons (Fsp3) is 0.800. The third-order valence-electron chi connectivity index (χ3n) is 2.35. The molecule has 1 atom stereocenters. The monoisotopic (exact) mass is 217 g/mol. The van der Waals surface area contributed by atoms with E-state index in [2.05, 4.69) is 6.92 Å². The fourth-order valence-corrected chi connectivity index (χ4v) is 1.45. The first-order chi connectivity index (χ1) is 7.00. The Kier molecular flexibility index (Phi) is 6.70. The van der Waals surface area contributed by atoms with Gasteiger partial charge in [-0.2, -0.15) is 0 Å². The molecule has 0 rings (SSSR count). The van der Waals surface area contributed by atoms with Gasteiger partial charge >= 0.3 is 11.9 Å². The molecule has 0 spiro atoms. The molecule has 88 valence electrons. The van der Waals surface area contributed by atoms with Crippen LogP contribution in [-0.2, 0) is 9.59 Å². The van der Waals surface area contributed by atoms with Crippen molar-refractivity contribution in [1.82, 2.24) is 0 Å². The van der Waals surface area contributed by atoms with E-state index >= 15 is 0 Å². The van der Waals surface area contributed by atoms with Gasteiger partial charge in [0.05, 0.1) is 0 Å². The summed E-state index contributed by atoms with van der Waals surface area (Å²) in [7, 11) is 0. The molecule has 15 heavy (non-hydrogen) atoms. The maximum atomic E-state index is 10.6. The van der Waals surface area contributed by atoms with Gasteiger partial charge in [-0.1, -0.05) is 32.6 Å². The van der Waals surface area contributed by atoms with Gasteiger partial charge in [-0.05, 0) is 6.42 Å². The number of unbranched alkanes of at least 4 members (excludes halogenated alkanes) is 3. The molecule has 0 fully saturated rings. The minimum atomic E-state index is -1.48. The Bertz CT molecular complexity index is 203. The van der Waals surface area contributed by atoms with E-state index in [0.29, 0.717) is 6.42 Å². The third-order valence-corrected chi connectivity index (χ3v) is 2.35. The average Bonchev–Trinajstić information content (AvgIpc) is 2.11. The number of rotatable bonds is 8. The lowest BCUT2D eigenvalue weighted by atomic mass is 9.95. The predicted molar refractivity (Wildman–Crippen MR) is 55.5 cm³/mol. The summed E-state index contributed by atoms with van der Waals surface area (Å²) < 4.78 is 0. The fourth-order valence-electron chi connectivity index (χ4n) is 1.45. The highest BCUT2D eigenvalue weighted by molar-refractivity contribution is 5.93. The number of nitrogens with two attached hydrogens (primary N) is 1. The van der Waals surface area contributed by atoms with E-state index in [0.717, 1.165) is 25.7 Å². The van der Waals surface area contributed by atoms with E-state index in [9.17, 15) is 9.59 Å². The van der Waals surface area contributed by atoms with E-state index in [1.807, 2.05) is 0 Å². The highest BCUT2D eigenvalue weighted by atomic mass is 16.4. The number of hydrogen-bond donors (Lipinski definition) is 3. The van der Waals surface area contributed by atoms with Crippen LogP contribution in [0.2, 0.25) is 0 Å². The van der Waals surface area contributed by atoms with Crippen molar-refractivity contribution in [3.05, 3.63) is 0 Å². The second-order valence-electron chi connectivity index (χ2n) is 3.67. The zero-order chi connectivity index (χ0) is 11.8. The molecule has 0 bridgehead atoms. The highest BCUT2D eigenvalue weighted by Crippen LogP contribution is 2.11. The number of carboxylic acid groups (broad SMARTS) is 2. The predicted octanol–water partition coefficient (Wildman–Crippen LogP) is 1.07. The van der Waals surface area contributed by atoms with Gasteiger partial charge < -0.3 is 15.9 Å². The number of aliphatic carboxylic acids is 2. The first-order valence-corrected chi connectivity index (χ1v) is 5.21. The summed E-state index contributed by atoms with van der Waals surface area (Å²) in [5.41, 5.74) is 5.54. The van der Waals surface area contributed by atoms with Gasteiger partial charge in [0, 0.05) is 6.04 Å². The van der Waals surface area contributed by atoms with Crippen molar-refractivity contribution in [2.45, 2.75) is 45.1 Å². The zero-order valence-electron chi connectivity index (χ0n) is 8.98. The lowest BCUT2D eigenvalue weighted by molar-refractivity contribution is -0.155. The van der Waals surface area contributed by atoms with Gasteiger partial charge in [0.15, 0.2) is 5.92 Å². The van der Waals surface area contributed by atoms with Gasteiger partial charge in [0.2, 0.25) is 0 Å². The number of carboxylic acids is 2. The van der Waals surface area contributed by atoms with Crippen molar-refractivity contribution in [2.75, 3.05) is 0 Å². The Balaban J connectivity index is 3.98. The molecule has 0 aromatic carbocycles.